The Bertz CT molecular complexity index is 1890. The molecule has 0 bridgehead atoms. The summed E-state index contributed by atoms with van der Waals surface area (Å²) in [6.45, 7) is -0.620. The van der Waals surface area contributed by atoms with Crippen LogP contribution in [0.5, 0.6) is 0 Å². The van der Waals surface area contributed by atoms with E-state index in [1.165, 1.54) is 24.5 Å². The fourth-order valence-electron chi connectivity index (χ4n) is 5.37. The van der Waals surface area contributed by atoms with Crippen molar-refractivity contribution in [1.29, 1.82) is 0 Å². The van der Waals surface area contributed by atoms with Gasteiger partial charge >= 0.3 is 17.2 Å². The largest absolute Gasteiger partial charge is 0.416 e. The van der Waals surface area contributed by atoms with E-state index < -0.39 is 69.7 Å². The number of hydrogen-bond acceptors (Lipinski definition) is 7. The first-order chi connectivity index (χ1) is 21.2. The van der Waals surface area contributed by atoms with Gasteiger partial charge in [0.15, 0.2) is 0 Å². The van der Waals surface area contributed by atoms with Gasteiger partial charge in [-0.3, -0.25) is 28.7 Å². The van der Waals surface area contributed by atoms with E-state index in [0.717, 1.165) is 58.0 Å². The monoisotopic (exact) mass is 664 g/mol. The molecule has 6 rings (SSSR count). The van der Waals surface area contributed by atoms with Gasteiger partial charge in [0.2, 0.25) is 17.7 Å². The number of thioether (sulfide) groups is 1. The molecule has 2 aliphatic heterocycles. The highest BCUT2D eigenvalue weighted by atomic mass is 32.2. The second-order valence-electron chi connectivity index (χ2n) is 10.1. The van der Waals surface area contributed by atoms with Gasteiger partial charge in [-0.1, -0.05) is 41.3 Å². The quantitative estimate of drug-likeness (QED) is 0.215. The summed E-state index contributed by atoms with van der Waals surface area (Å²) < 4.78 is 80.8. The van der Waals surface area contributed by atoms with Gasteiger partial charge in [0.25, 0.3) is 0 Å². The minimum atomic E-state index is -4.73. The summed E-state index contributed by atoms with van der Waals surface area (Å²) in [5.74, 6) is -4.40. The van der Waals surface area contributed by atoms with E-state index in [9.17, 15) is 45.5 Å². The predicted octanol–water partition coefficient (Wildman–Crippen LogP) is 5.78. The Labute approximate surface area is 257 Å². The van der Waals surface area contributed by atoms with Gasteiger partial charge in [0.1, 0.15) is 11.8 Å². The number of fused-ring (bicyclic) bond motifs is 2. The van der Waals surface area contributed by atoms with Crippen molar-refractivity contribution in [2.75, 3.05) is 10.2 Å². The Balaban J connectivity index is 1.37. The molecule has 4 aromatic rings. The molecule has 2 aromatic carbocycles. The number of benzene rings is 2. The molecule has 0 saturated carbocycles. The van der Waals surface area contributed by atoms with Crippen molar-refractivity contribution in [2.24, 2.45) is 5.92 Å². The molecule has 16 heteroatoms. The average Bonchev–Trinajstić information content (AvgIpc) is 3.43. The molecule has 2 aromatic heterocycles. The zero-order valence-corrected chi connectivity index (χ0v) is 24.1. The first kappa shape index (κ1) is 30.6. The van der Waals surface area contributed by atoms with Crippen molar-refractivity contribution >= 4 is 52.2 Å². The average molecular weight is 665 g/mol. The molecule has 0 unspecified atom stereocenters. The van der Waals surface area contributed by atoms with Crippen LogP contribution in [0.1, 0.15) is 27.5 Å². The number of thiazole rings is 1. The van der Waals surface area contributed by atoms with Crippen molar-refractivity contribution in [3.63, 3.8) is 0 Å². The minimum Gasteiger partial charge on any atom is -0.325 e. The maximum Gasteiger partial charge on any atom is 0.416 e. The Morgan fingerprint density at radius 1 is 0.889 bits per heavy atom. The highest BCUT2D eigenvalue weighted by Crippen LogP contribution is 2.54. The number of nitrogens with one attached hydrogen (secondary N) is 1. The lowest BCUT2D eigenvalue weighted by molar-refractivity contribution is -0.138. The first-order valence-corrected chi connectivity index (χ1v) is 14.8. The molecule has 0 aliphatic carbocycles. The number of hydrogen-bond donors (Lipinski definition) is 1. The summed E-state index contributed by atoms with van der Waals surface area (Å²) >= 11 is 1.57. The maximum absolute atomic E-state index is 13.8. The number of aromatic nitrogens is 2. The Kier molecular flexibility index (Phi) is 7.59. The second-order valence-corrected chi connectivity index (χ2v) is 12.3. The van der Waals surface area contributed by atoms with E-state index in [2.05, 4.69) is 10.3 Å². The summed E-state index contributed by atoms with van der Waals surface area (Å²) in [7, 11) is 0. The number of carbonyl (C=O) groups excluding carboxylic acids is 3. The molecular weight excluding hydrogens is 646 g/mol. The highest BCUT2D eigenvalue weighted by molar-refractivity contribution is 8.00. The molecule has 45 heavy (non-hydrogen) atoms. The molecule has 3 amide bonds. The van der Waals surface area contributed by atoms with Gasteiger partial charge < -0.3 is 5.32 Å². The van der Waals surface area contributed by atoms with Crippen LogP contribution in [0.15, 0.2) is 82.9 Å². The Morgan fingerprint density at radius 2 is 1.58 bits per heavy atom. The highest BCUT2D eigenvalue weighted by Gasteiger charge is 2.57. The summed E-state index contributed by atoms with van der Waals surface area (Å²) in [6, 6.07) is 11.0. The number of halogens is 6. The van der Waals surface area contributed by atoms with Crippen LogP contribution in [0.3, 0.4) is 0 Å². The molecule has 8 nitrogen and oxygen atoms in total. The van der Waals surface area contributed by atoms with E-state index in [1.807, 2.05) is 0 Å². The third-order valence-corrected chi connectivity index (χ3v) is 9.90. The molecule has 1 fully saturated rings. The number of carbonyl (C=O) groups is 3. The van der Waals surface area contributed by atoms with Gasteiger partial charge in [-0.25, -0.2) is 4.90 Å². The lowest BCUT2D eigenvalue weighted by Crippen LogP contribution is -2.33. The zero-order chi connectivity index (χ0) is 32.3. The topological polar surface area (TPSA) is 101 Å². The van der Waals surface area contributed by atoms with Crippen molar-refractivity contribution in [1.82, 2.24) is 9.55 Å². The number of rotatable bonds is 5. The van der Waals surface area contributed by atoms with Crippen LogP contribution < -0.4 is 15.1 Å². The van der Waals surface area contributed by atoms with E-state index in [4.69, 9.17) is 0 Å². The van der Waals surface area contributed by atoms with E-state index in [1.54, 1.807) is 12.1 Å². The summed E-state index contributed by atoms with van der Waals surface area (Å²) in [5.41, 5.74) is -1.99. The number of imide groups is 1. The van der Waals surface area contributed by atoms with Crippen LogP contribution in [0.4, 0.5) is 37.7 Å². The van der Waals surface area contributed by atoms with Crippen LogP contribution in [-0.4, -0.2) is 32.5 Å². The molecule has 2 aliphatic rings. The molecule has 4 heterocycles. The molecule has 232 valence electrons. The number of anilines is 2. The van der Waals surface area contributed by atoms with Gasteiger partial charge in [-0.2, -0.15) is 26.3 Å². The third-order valence-electron chi connectivity index (χ3n) is 7.30. The maximum atomic E-state index is 13.8. The van der Waals surface area contributed by atoms with Gasteiger partial charge in [-0.05, 0) is 48.0 Å². The molecular formula is C29H18F6N4O4S2. The lowest BCUT2D eigenvalue weighted by atomic mass is 9.84. The first-order valence-electron chi connectivity index (χ1n) is 13.1. The van der Waals surface area contributed by atoms with E-state index in [0.29, 0.717) is 21.4 Å². The summed E-state index contributed by atoms with van der Waals surface area (Å²) in [6.07, 6.45) is -6.45. The summed E-state index contributed by atoms with van der Waals surface area (Å²) in [4.78, 5) is 58.2. The summed E-state index contributed by atoms with van der Waals surface area (Å²) in [5, 5.41) is 1.36. The zero-order valence-electron chi connectivity index (χ0n) is 22.4. The number of pyridine rings is 1. The molecule has 1 N–H and O–H groups in total. The van der Waals surface area contributed by atoms with Crippen LogP contribution in [0.2, 0.25) is 0 Å². The van der Waals surface area contributed by atoms with Gasteiger partial charge in [0.05, 0.1) is 27.8 Å². The van der Waals surface area contributed by atoms with Crippen LogP contribution in [-0.2, 0) is 33.3 Å². The predicted molar refractivity (Wildman–Crippen MR) is 152 cm³/mol. The van der Waals surface area contributed by atoms with E-state index in [-0.39, 0.29) is 16.4 Å². The SMILES string of the molecule is O=C(Cn1c2c(sc1=O)[C@@H](c1cccnc1)[C@@H]1C(=O)N(c3cccc(C(F)(F)F)c3)C(=O)[C@@H]1S2)Nc1cccc(C(F)(F)F)c1. The second kappa shape index (κ2) is 11.2. The minimum absolute atomic E-state index is 0.152. The fraction of sp³-hybridized carbons (Fsp3) is 0.207. The van der Waals surface area contributed by atoms with Gasteiger partial charge in [0, 0.05) is 28.9 Å². The third kappa shape index (κ3) is 5.63. The van der Waals surface area contributed by atoms with Crippen molar-refractivity contribution in [2.45, 2.75) is 35.1 Å². The molecule has 0 radical (unpaired) electrons. The normalized spacial score (nSPS) is 19.8. The molecule has 1 saturated heterocycles. The van der Waals surface area contributed by atoms with Crippen molar-refractivity contribution < 1.29 is 40.7 Å². The fourth-order valence-corrected chi connectivity index (χ4v) is 8.14. The van der Waals surface area contributed by atoms with Crippen LogP contribution >= 0.6 is 23.1 Å². The Hall–Kier alpha value is -4.44. The standard InChI is InChI=1S/C29H18F6N4O4S2/c30-28(31,32)15-5-1-7-17(10-15)37-19(40)13-38-26-23(45-27(38)43)20(14-4-3-9-36-12-14)21-22(44-26)25(42)39(24(21)41)18-8-2-6-16(11-18)29(33,34)35/h1-12,20-22H,13H2,(H,37,40)/t20-,21-,22+/m0/s1. The van der Waals surface area contributed by atoms with Gasteiger partial charge in [-0.15, -0.1) is 0 Å². The Morgan fingerprint density at radius 3 is 2.24 bits per heavy atom. The number of alkyl halides is 6. The van der Waals surface area contributed by atoms with Crippen molar-refractivity contribution in [3.8, 4) is 0 Å². The smallest absolute Gasteiger partial charge is 0.325 e. The van der Waals surface area contributed by atoms with Crippen LogP contribution in [0, 0.1) is 5.92 Å². The molecule has 3 atom stereocenters. The van der Waals surface area contributed by atoms with E-state index >= 15 is 0 Å². The molecule has 0 spiro atoms. The number of amides is 3. The lowest BCUT2D eigenvalue weighted by Gasteiger charge is -2.30. The van der Waals surface area contributed by atoms with Crippen LogP contribution in [0.25, 0.3) is 0 Å². The number of nitrogens with zero attached hydrogens (tertiary/aromatic N) is 3. The van der Waals surface area contributed by atoms with Crippen molar-refractivity contribution in [3.05, 3.63) is 104 Å².